The Labute approximate surface area is 187 Å². The predicted octanol–water partition coefficient (Wildman–Crippen LogP) is 5.23. The lowest BCUT2D eigenvalue weighted by Gasteiger charge is -2.18. The van der Waals surface area contributed by atoms with Gasteiger partial charge in [-0.1, -0.05) is 54.6 Å². The summed E-state index contributed by atoms with van der Waals surface area (Å²) in [5, 5.41) is 4.26. The van der Waals surface area contributed by atoms with Gasteiger partial charge in [0.05, 0.1) is 0 Å². The second-order valence-corrected chi connectivity index (χ2v) is 8.02. The molecule has 5 rings (SSSR count). The van der Waals surface area contributed by atoms with Gasteiger partial charge in [-0.3, -0.25) is 4.79 Å². The first-order valence-corrected chi connectivity index (χ1v) is 11.0. The van der Waals surface area contributed by atoms with Crippen molar-refractivity contribution in [2.75, 3.05) is 6.79 Å². The van der Waals surface area contributed by atoms with Crippen molar-refractivity contribution in [3.05, 3.63) is 95.7 Å². The Morgan fingerprint density at radius 1 is 1.00 bits per heavy atom. The molecule has 3 aromatic carbocycles. The number of nitrogens with one attached hydrogen (secondary N) is 1. The van der Waals surface area contributed by atoms with Crippen molar-refractivity contribution >= 4 is 16.8 Å². The summed E-state index contributed by atoms with van der Waals surface area (Å²) in [5.41, 5.74) is 4.46. The number of ether oxygens (including phenoxy) is 2. The summed E-state index contributed by atoms with van der Waals surface area (Å²) < 4.78 is 13.4. The average Bonchev–Trinajstić information content (AvgIpc) is 3.46. The van der Waals surface area contributed by atoms with Gasteiger partial charge >= 0.3 is 0 Å². The highest BCUT2D eigenvalue weighted by atomic mass is 16.7. The van der Waals surface area contributed by atoms with E-state index < -0.39 is 0 Å². The van der Waals surface area contributed by atoms with Crippen LogP contribution in [0.4, 0.5) is 0 Å². The Kier molecular flexibility index (Phi) is 5.55. The van der Waals surface area contributed by atoms with Crippen molar-refractivity contribution in [2.24, 2.45) is 0 Å². The molecule has 0 fully saturated rings. The maximum absolute atomic E-state index is 13.0. The molecule has 5 nitrogen and oxygen atoms in total. The van der Waals surface area contributed by atoms with E-state index in [2.05, 4.69) is 47.3 Å². The first-order valence-electron chi connectivity index (χ1n) is 11.0. The summed E-state index contributed by atoms with van der Waals surface area (Å²) in [4.78, 5) is 13.0. The molecule has 1 atom stereocenters. The maximum atomic E-state index is 13.0. The van der Waals surface area contributed by atoms with Gasteiger partial charge in [0.15, 0.2) is 11.5 Å². The summed E-state index contributed by atoms with van der Waals surface area (Å²) in [7, 11) is 0. The number of fused-ring (bicyclic) bond motifs is 2. The average molecular weight is 427 g/mol. The van der Waals surface area contributed by atoms with Crippen molar-refractivity contribution < 1.29 is 14.3 Å². The first kappa shape index (κ1) is 20.2. The lowest BCUT2D eigenvalue weighted by molar-refractivity contribution is -0.121. The fraction of sp³-hybridized carbons (Fsp3) is 0.222. The second-order valence-electron chi connectivity index (χ2n) is 8.02. The molecule has 0 aliphatic carbocycles. The van der Waals surface area contributed by atoms with Crippen molar-refractivity contribution in [3.63, 3.8) is 0 Å². The van der Waals surface area contributed by atoms with Gasteiger partial charge in [0, 0.05) is 42.5 Å². The smallest absolute Gasteiger partial charge is 0.231 e. The van der Waals surface area contributed by atoms with Crippen LogP contribution in [0.3, 0.4) is 0 Å². The van der Waals surface area contributed by atoms with Gasteiger partial charge in [-0.05, 0) is 41.8 Å². The molecule has 32 heavy (non-hydrogen) atoms. The Balaban J connectivity index is 1.49. The van der Waals surface area contributed by atoms with Gasteiger partial charge in [-0.15, -0.1) is 0 Å². The number of aromatic nitrogens is 1. The molecule has 5 heteroatoms. The molecule has 0 bridgehead atoms. The minimum absolute atomic E-state index is 0.0184. The second kappa shape index (κ2) is 8.79. The molecular weight excluding hydrogens is 400 g/mol. The normalized spacial score (nSPS) is 13.3. The lowest BCUT2D eigenvalue weighted by Crippen LogP contribution is -2.25. The van der Waals surface area contributed by atoms with Crippen LogP contribution in [0.15, 0.2) is 79.0 Å². The third-order valence-corrected chi connectivity index (χ3v) is 6.06. The van der Waals surface area contributed by atoms with E-state index in [0.29, 0.717) is 13.0 Å². The molecule has 1 aromatic heterocycles. The van der Waals surface area contributed by atoms with E-state index in [1.54, 1.807) is 0 Å². The van der Waals surface area contributed by atoms with Crippen LogP contribution in [0.25, 0.3) is 10.9 Å². The predicted molar refractivity (Wildman–Crippen MR) is 125 cm³/mol. The third-order valence-electron chi connectivity index (χ3n) is 6.06. The molecular formula is C27H26N2O3. The number of aryl methyl sites for hydroxylation is 1. The van der Waals surface area contributed by atoms with E-state index in [1.165, 1.54) is 10.9 Å². The minimum atomic E-state index is -0.0991. The van der Waals surface area contributed by atoms with Crippen LogP contribution >= 0.6 is 0 Å². The van der Waals surface area contributed by atoms with Gasteiger partial charge in [0.1, 0.15) is 0 Å². The Morgan fingerprint density at radius 3 is 2.62 bits per heavy atom. The molecule has 0 saturated heterocycles. The Morgan fingerprint density at radius 2 is 1.78 bits per heavy atom. The van der Waals surface area contributed by atoms with Crippen LogP contribution in [0.2, 0.25) is 0 Å². The molecule has 0 saturated carbocycles. The zero-order valence-electron chi connectivity index (χ0n) is 18.1. The highest BCUT2D eigenvalue weighted by Crippen LogP contribution is 2.40. The van der Waals surface area contributed by atoms with E-state index in [-0.39, 0.29) is 18.6 Å². The monoisotopic (exact) mass is 426 g/mol. The molecule has 2 heterocycles. The van der Waals surface area contributed by atoms with Gasteiger partial charge < -0.3 is 19.4 Å². The number of hydrogen-bond acceptors (Lipinski definition) is 3. The number of carbonyl (C=O) groups excluding carboxylic acids is 1. The van der Waals surface area contributed by atoms with Crippen LogP contribution in [0.5, 0.6) is 11.5 Å². The fourth-order valence-electron chi connectivity index (χ4n) is 4.41. The van der Waals surface area contributed by atoms with Gasteiger partial charge in [0.2, 0.25) is 12.7 Å². The fourth-order valence-corrected chi connectivity index (χ4v) is 4.41. The van der Waals surface area contributed by atoms with Crippen LogP contribution in [-0.2, 0) is 17.9 Å². The molecule has 1 N–H and O–H groups in total. The summed E-state index contributed by atoms with van der Waals surface area (Å²) in [5.74, 6) is 1.40. The van der Waals surface area contributed by atoms with Crippen LogP contribution in [0.1, 0.15) is 36.0 Å². The van der Waals surface area contributed by atoms with E-state index in [0.717, 1.165) is 34.7 Å². The van der Waals surface area contributed by atoms with Crippen molar-refractivity contribution in [1.29, 1.82) is 0 Å². The first-order chi connectivity index (χ1) is 15.7. The summed E-state index contributed by atoms with van der Waals surface area (Å²) >= 11 is 0. The number of amides is 1. The molecule has 4 aromatic rings. The summed E-state index contributed by atoms with van der Waals surface area (Å²) in [6.45, 7) is 3.76. The number of rotatable bonds is 7. The zero-order valence-corrected chi connectivity index (χ0v) is 18.1. The minimum Gasteiger partial charge on any atom is -0.454 e. The van der Waals surface area contributed by atoms with Crippen LogP contribution in [0, 0.1) is 0 Å². The maximum Gasteiger partial charge on any atom is 0.231 e. The SMILES string of the molecule is CCn1cc([C@@H](CC(=O)NCc2ccccc2)c2ccc3c(c2)OCO3)c2ccccc21. The molecule has 0 spiro atoms. The summed E-state index contributed by atoms with van der Waals surface area (Å²) in [6.07, 6.45) is 2.54. The van der Waals surface area contributed by atoms with Crippen LogP contribution < -0.4 is 14.8 Å². The molecule has 1 aliphatic heterocycles. The molecule has 162 valence electrons. The quantitative estimate of drug-likeness (QED) is 0.440. The van der Waals surface area contributed by atoms with E-state index >= 15 is 0 Å². The number of carbonyl (C=O) groups is 1. The molecule has 0 radical (unpaired) electrons. The topological polar surface area (TPSA) is 52.5 Å². The Bertz CT molecular complexity index is 1250. The van der Waals surface area contributed by atoms with Gasteiger partial charge in [0.25, 0.3) is 0 Å². The van der Waals surface area contributed by atoms with Gasteiger partial charge in [-0.25, -0.2) is 0 Å². The molecule has 1 aliphatic rings. The highest BCUT2D eigenvalue weighted by molar-refractivity contribution is 5.86. The largest absolute Gasteiger partial charge is 0.454 e. The van der Waals surface area contributed by atoms with Crippen LogP contribution in [-0.4, -0.2) is 17.3 Å². The number of nitrogens with zero attached hydrogens (tertiary/aromatic N) is 1. The van der Waals surface area contributed by atoms with E-state index in [1.807, 2.05) is 48.5 Å². The lowest BCUT2D eigenvalue weighted by atomic mass is 9.87. The number of para-hydroxylation sites is 1. The standard InChI is InChI=1S/C27H26N2O3/c1-2-29-17-23(21-10-6-7-11-24(21)29)22(20-12-13-25-26(14-20)32-18-31-25)15-27(30)28-16-19-8-4-3-5-9-19/h3-14,17,22H,2,15-16,18H2,1H3,(H,28,30)/t22-/m0/s1. The molecule has 0 unspecified atom stereocenters. The summed E-state index contributed by atoms with van der Waals surface area (Å²) in [6, 6.07) is 24.3. The third kappa shape index (κ3) is 3.94. The Hall–Kier alpha value is -3.73. The molecule has 1 amide bonds. The number of hydrogen-bond donors (Lipinski definition) is 1. The van der Waals surface area contributed by atoms with Crippen molar-refractivity contribution in [1.82, 2.24) is 9.88 Å². The van der Waals surface area contributed by atoms with E-state index in [4.69, 9.17) is 9.47 Å². The number of benzene rings is 3. The van der Waals surface area contributed by atoms with Crippen molar-refractivity contribution in [2.45, 2.75) is 32.4 Å². The zero-order chi connectivity index (χ0) is 21.9. The van der Waals surface area contributed by atoms with Gasteiger partial charge in [-0.2, -0.15) is 0 Å². The highest BCUT2D eigenvalue weighted by Gasteiger charge is 2.25. The van der Waals surface area contributed by atoms with Crippen molar-refractivity contribution in [3.8, 4) is 11.5 Å². The van der Waals surface area contributed by atoms with E-state index in [9.17, 15) is 4.79 Å².